The van der Waals surface area contributed by atoms with E-state index < -0.39 is 5.69 Å². The number of piperidine rings is 1. The number of carbonyl (C=O) groups excluding carboxylic acids is 1. The Morgan fingerprint density at radius 1 is 1.32 bits per heavy atom. The van der Waals surface area contributed by atoms with Gasteiger partial charge in [-0.15, -0.1) is 0 Å². The SMILES string of the molecule is COC(=O)C1CCN(CCOCCn2c(N)c(C(=N)N)[nH]c2=O)CC1. The quantitative estimate of drug-likeness (QED) is 0.201. The maximum Gasteiger partial charge on any atom is 0.327 e. The highest BCUT2D eigenvalue weighted by Gasteiger charge is 2.25. The number of H-pyrrole nitrogens is 1. The molecule has 0 bridgehead atoms. The number of imidazole rings is 1. The Kier molecular flexibility index (Phi) is 6.59. The van der Waals surface area contributed by atoms with E-state index in [4.69, 9.17) is 26.4 Å². The van der Waals surface area contributed by atoms with Gasteiger partial charge in [-0.05, 0) is 25.9 Å². The first kappa shape index (κ1) is 19.0. The zero-order valence-corrected chi connectivity index (χ0v) is 14.4. The van der Waals surface area contributed by atoms with Gasteiger partial charge in [0.15, 0.2) is 0 Å². The second-order valence-electron chi connectivity index (χ2n) is 6.01. The van der Waals surface area contributed by atoms with Gasteiger partial charge in [-0.2, -0.15) is 0 Å². The van der Waals surface area contributed by atoms with Crippen LogP contribution in [0.2, 0.25) is 0 Å². The van der Waals surface area contributed by atoms with Crippen molar-refractivity contribution in [3.63, 3.8) is 0 Å². The van der Waals surface area contributed by atoms with Gasteiger partial charge in [-0.3, -0.25) is 14.8 Å². The van der Waals surface area contributed by atoms with Crippen molar-refractivity contribution in [1.82, 2.24) is 14.5 Å². The Morgan fingerprint density at radius 2 is 1.96 bits per heavy atom. The van der Waals surface area contributed by atoms with Crippen LogP contribution in [0.25, 0.3) is 0 Å². The first-order valence-electron chi connectivity index (χ1n) is 8.24. The summed E-state index contributed by atoms with van der Waals surface area (Å²) in [5, 5.41) is 7.34. The fourth-order valence-corrected chi connectivity index (χ4v) is 2.92. The van der Waals surface area contributed by atoms with Gasteiger partial charge in [0.25, 0.3) is 0 Å². The molecule has 2 heterocycles. The summed E-state index contributed by atoms with van der Waals surface area (Å²) in [5.41, 5.74) is 10.9. The van der Waals surface area contributed by atoms with E-state index in [0.29, 0.717) is 19.8 Å². The van der Waals surface area contributed by atoms with E-state index in [9.17, 15) is 9.59 Å². The first-order chi connectivity index (χ1) is 11.9. The van der Waals surface area contributed by atoms with Crippen LogP contribution in [-0.2, 0) is 20.8 Å². The zero-order valence-electron chi connectivity index (χ0n) is 14.4. The van der Waals surface area contributed by atoms with Gasteiger partial charge in [-0.1, -0.05) is 0 Å². The van der Waals surface area contributed by atoms with Crippen molar-refractivity contribution in [2.24, 2.45) is 11.7 Å². The molecule has 1 aromatic heterocycles. The lowest BCUT2D eigenvalue weighted by atomic mass is 9.97. The summed E-state index contributed by atoms with van der Waals surface area (Å²) in [4.78, 5) is 27.9. The Bertz CT molecular complexity index is 659. The van der Waals surface area contributed by atoms with Gasteiger partial charge in [0.05, 0.1) is 32.8 Å². The largest absolute Gasteiger partial charge is 0.469 e. The van der Waals surface area contributed by atoms with Crippen molar-refractivity contribution in [1.29, 1.82) is 5.41 Å². The predicted octanol–water partition coefficient (Wildman–Crippen LogP) is -1.06. The minimum Gasteiger partial charge on any atom is -0.469 e. The fraction of sp³-hybridized carbons (Fsp3) is 0.667. The molecule has 10 nitrogen and oxygen atoms in total. The molecule has 1 saturated heterocycles. The molecule has 2 rings (SSSR count). The smallest absolute Gasteiger partial charge is 0.327 e. The highest BCUT2D eigenvalue weighted by atomic mass is 16.5. The van der Waals surface area contributed by atoms with Crippen LogP contribution in [0.1, 0.15) is 18.5 Å². The third-order valence-corrected chi connectivity index (χ3v) is 4.43. The van der Waals surface area contributed by atoms with Crippen molar-refractivity contribution in [3.8, 4) is 0 Å². The van der Waals surface area contributed by atoms with Crippen LogP contribution < -0.4 is 17.2 Å². The topological polar surface area (TPSA) is 152 Å². The van der Waals surface area contributed by atoms with E-state index in [2.05, 4.69) is 9.88 Å². The van der Waals surface area contributed by atoms with Gasteiger partial charge in [0, 0.05) is 6.54 Å². The summed E-state index contributed by atoms with van der Waals surface area (Å²) in [6.07, 6.45) is 1.60. The predicted molar refractivity (Wildman–Crippen MR) is 92.5 cm³/mol. The molecule has 0 aromatic carbocycles. The number of nitrogens with zero attached hydrogens (tertiary/aromatic N) is 2. The average molecular weight is 354 g/mol. The second-order valence-corrected chi connectivity index (χ2v) is 6.01. The molecule has 0 unspecified atom stereocenters. The molecule has 25 heavy (non-hydrogen) atoms. The van der Waals surface area contributed by atoms with Crippen LogP contribution in [0.5, 0.6) is 0 Å². The van der Waals surface area contributed by atoms with Crippen molar-refractivity contribution in [3.05, 3.63) is 16.2 Å². The van der Waals surface area contributed by atoms with Crippen LogP contribution in [0.3, 0.4) is 0 Å². The van der Waals surface area contributed by atoms with Gasteiger partial charge < -0.3 is 30.8 Å². The van der Waals surface area contributed by atoms with Crippen LogP contribution in [0.4, 0.5) is 5.82 Å². The number of rotatable bonds is 8. The summed E-state index contributed by atoms with van der Waals surface area (Å²) < 4.78 is 11.6. The van der Waals surface area contributed by atoms with E-state index >= 15 is 0 Å². The third kappa shape index (κ3) is 4.83. The number of nitrogen functional groups attached to an aromatic ring is 2. The number of methoxy groups -OCH3 is 1. The molecule has 0 atom stereocenters. The van der Waals surface area contributed by atoms with Crippen LogP contribution >= 0.6 is 0 Å². The molecular formula is C15H26N6O4. The summed E-state index contributed by atoms with van der Waals surface area (Å²) in [5.74, 6) is -0.257. The molecule has 10 heteroatoms. The fourth-order valence-electron chi connectivity index (χ4n) is 2.92. The molecule has 1 aliphatic heterocycles. The molecule has 1 aromatic rings. The molecule has 0 amide bonds. The van der Waals surface area contributed by atoms with E-state index in [1.807, 2.05) is 0 Å². The number of nitrogens with two attached hydrogens (primary N) is 2. The van der Waals surface area contributed by atoms with E-state index in [1.165, 1.54) is 11.7 Å². The van der Waals surface area contributed by atoms with Crippen LogP contribution in [-0.4, -0.2) is 66.2 Å². The van der Waals surface area contributed by atoms with Gasteiger partial charge >= 0.3 is 11.7 Å². The van der Waals surface area contributed by atoms with Crippen LogP contribution in [0, 0.1) is 11.3 Å². The first-order valence-corrected chi connectivity index (χ1v) is 8.24. The number of likely N-dealkylation sites (tertiary alicyclic amines) is 1. The Labute approximate surface area is 145 Å². The Morgan fingerprint density at radius 3 is 2.52 bits per heavy atom. The number of anilines is 1. The highest BCUT2D eigenvalue weighted by Crippen LogP contribution is 2.18. The summed E-state index contributed by atoms with van der Waals surface area (Å²) >= 11 is 0. The number of esters is 1. The third-order valence-electron chi connectivity index (χ3n) is 4.43. The standard InChI is InChI=1S/C15H26N6O4/c1-24-14(22)10-2-4-20(5-3-10)6-8-25-9-7-21-13(18)11(12(16)17)19-15(21)23/h10H,2-9,18H2,1H3,(H3,16,17)(H,19,23). The average Bonchev–Trinajstić information content (AvgIpc) is 2.89. The molecule has 1 aliphatic rings. The molecule has 1 fully saturated rings. The van der Waals surface area contributed by atoms with Gasteiger partial charge in [-0.25, -0.2) is 4.79 Å². The molecule has 6 N–H and O–H groups in total. The number of amidine groups is 1. The number of nitrogens with one attached hydrogen (secondary N) is 2. The number of hydrogen-bond donors (Lipinski definition) is 4. The zero-order chi connectivity index (χ0) is 18.4. The van der Waals surface area contributed by atoms with Crippen LogP contribution in [0.15, 0.2) is 4.79 Å². The van der Waals surface area contributed by atoms with E-state index in [1.54, 1.807) is 0 Å². The van der Waals surface area contributed by atoms with Crippen molar-refractivity contribution in [2.75, 3.05) is 45.7 Å². The Hall–Kier alpha value is -2.33. The molecule has 0 radical (unpaired) electrons. The molecule has 0 spiro atoms. The lowest BCUT2D eigenvalue weighted by molar-refractivity contribution is -0.147. The van der Waals surface area contributed by atoms with Crippen molar-refractivity contribution < 1.29 is 14.3 Å². The van der Waals surface area contributed by atoms with Crippen molar-refractivity contribution in [2.45, 2.75) is 19.4 Å². The molecular weight excluding hydrogens is 328 g/mol. The van der Waals surface area contributed by atoms with Crippen molar-refractivity contribution >= 4 is 17.6 Å². The summed E-state index contributed by atoms with van der Waals surface area (Å²) in [6, 6.07) is 0. The number of hydrogen-bond acceptors (Lipinski definition) is 7. The summed E-state index contributed by atoms with van der Waals surface area (Å²) in [7, 11) is 1.42. The minimum absolute atomic E-state index is 0.00100. The van der Waals surface area contributed by atoms with E-state index in [-0.39, 0.29) is 29.2 Å². The maximum absolute atomic E-state index is 11.8. The second kappa shape index (κ2) is 8.67. The van der Waals surface area contributed by atoms with E-state index in [0.717, 1.165) is 32.5 Å². The molecule has 0 saturated carbocycles. The number of ether oxygens (including phenoxy) is 2. The molecule has 0 aliphatic carbocycles. The lowest BCUT2D eigenvalue weighted by Crippen LogP contribution is -2.38. The normalized spacial score (nSPS) is 16.0. The number of aromatic amines is 1. The summed E-state index contributed by atoms with van der Waals surface area (Å²) in [6.45, 7) is 3.60. The monoisotopic (exact) mass is 354 g/mol. The minimum atomic E-state index is -0.406. The van der Waals surface area contributed by atoms with Gasteiger partial charge in [0.1, 0.15) is 17.3 Å². The maximum atomic E-state index is 11.8. The lowest BCUT2D eigenvalue weighted by Gasteiger charge is -2.30. The molecule has 140 valence electrons. The number of aromatic nitrogens is 2. The highest BCUT2D eigenvalue weighted by molar-refractivity contribution is 5.97. The Balaban J connectivity index is 1.67. The number of carbonyl (C=O) groups is 1. The van der Waals surface area contributed by atoms with Gasteiger partial charge in [0.2, 0.25) is 0 Å².